The summed E-state index contributed by atoms with van der Waals surface area (Å²) in [6.07, 6.45) is 1.10. The minimum atomic E-state index is -0.646. The Balaban J connectivity index is 4.34. The standard InChI is InChI=1S/C7H11NO4/c1-5(9)8-6(4-11-2)7(10)12-3/h4H,1-3H3,(H,8,9)/b6-4-. The van der Waals surface area contributed by atoms with E-state index in [-0.39, 0.29) is 11.6 Å². The molecule has 0 aromatic carbocycles. The van der Waals surface area contributed by atoms with Crippen LogP contribution < -0.4 is 5.32 Å². The second kappa shape index (κ2) is 5.17. The van der Waals surface area contributed by atoms with E-state index < -0.39 is 5.97 Å². The molecule has 5 nitrogen and oxygen atoms in total. The van der Waals surface area contributed by atoms with Crippen LogP contribution in [0.1, 0.15) is 6.92 Å². The van der Waals surface area contributed by atoms with E-state index in [2.05, 4.69) is 14.8 Å². The zero-order valence-electron chi connectivity index (χ0n) is 7.21. The molecule has 0 spiro atoms. The molecule has 0 radical (unpaired) electrons. The fourth-order valence-electron chi connectivity index (χ4n) is 0.546. The van der Waals surface area contributed by atoms with Crippen molar-refractivity contribution in [3.63, 3.8) is 0 Å². The van der Waals surface area contributed by atoms with Gasteiger partial charge < -0.3 is 14.8 Å². The highest BCUT2D eigenvalue weighted by molar-refractivity contribution is 5.92. The SMILES string of the molecule is CO/C=C(\NC(C)=O)C(=O)OC. The van der Waals surface area contributed by atoms with E-state index in [0.717, 1.165) is 6.26 Å². The molecule has 0 unspecified atom stereocenters. The molecule has 0 rings (SSSR count). The van der Waals surface area contributed by atoms with E-state index in [9.17, 15) is 9.59 Å². The van der Waals surface area contributed by atoms with Crippen LogP contribution in [0.25, 0.3) is 0 Å². The van der Waals surface area contributed by atoms with Crippen molar-refractivity contribution >= 4 is 11.9 Å². The number of carbonyl (C=O) groups excluding carboxylic acids is 2. The maximum absolute atomic E-state index is 10.9. The second-order valence-corrected chi connectivity index (χ2v) is 1.94. The highest BCUT2D eigenvalue weighted by Crippen LogP contribution is 1.92. The third-order valence-corrected chi connectivity index (χ3v) is 0.952. The van der Waals surface area contributed by atoms with Gasteiger partial charge in [-0.1, -0.05) is 0 Å². The molecule has 12 heavy (non-hydrogen) atoms. The summed E-state index contributed by atoms with van der Waals surface area (Å²) in [6.45, 7) is 1.28. The number of amides is 1. The summed E-state index contributed by atoms with van der Waals surface area (Å²) >= 11 is 0. The zero-order valence-corrected chi connectivity index (χ0v) is 7.21. The summed E-state index contributed by atoms with van der Waals surface area (Å²) < 4.78 is 8.91. The van der Waals surface area contributed by atoms with Crippen molar-refractivity contribution in [2.45, 2.75) is 6.92 Å². The minimum Gasteiger partial charge on any atom is -0.502 e. The van der Waals surface area contributed by atoms with Gasteiger partial charge in [-0.2, -0.15) is 0 Å². The highest BCUT2D eigenvalue weighted by atomic mass is 16.5. The number of methoxy groups -OCH3 is 2. The van der Waals surface area contributed by atoms with Gasteiger partial charge in [0.15, 0.2) is 5.70 Å². The zero-order chi connectivity index (χ0) is 9.56. The van der Waals surface area contributed by atoms with E-state index >= 15 is 0 Å². The first kappa shape index (κ1) is 10.5. The van der Waals surface area contributed by atoms with Crippen molar-refractivity contribution in [3.8, 4) is 0 Å². The molecule has 0 heterocycles. The number of hydrogen-bond acceptors (Lipinski definition) is 4. The van der Waals surface area contributed by atoms with Crippen LogP contribution in [0, 0.1) is 0 Å². The Morgan fingerprint density at radius 2 is 1.92 bits per heavy atom. The quantitative estimate of drug-likeness (QED) is 0.364. The van der Waals surface area contributed by atoms with Gasteiger partial charge in [-0.3, -0.25) is 4.79 Å². The van der Waals surface area contributed by atoms with Crippen LogP contribution in [-0.4, -0.2) is 26.1 Å². The monoisotopic (exact) mass is 173 g/mol. The predicted molar refractivity (Wildman–Crippen MR) is 40.9 cm³/mol. The molecule has 0 aliphatic heterocycles. The van der Waals surface area contributed by atoms with Crippen LogP contribution in [0.4, 0.5) is 0 Å². The summed E-state index contributed by atoms with van der Waals surface area (Å²) in [7, 11) is 2.58. The topological polar surface area (TPSA) is 64.6 Å². The van der Waals surface area contributed by atoms with Crippen molar-refractivity contribution in [3.05, 3.63) is 12.0 Å². The lowest BCUT2D eigenvalue weighted by molar-refractivity contribution is -0.137. The van der Waals surface area contributed by atoms with Gasteiger partial charge in [-0.15, -0.1) is 0 Å². The third kappa shape index (κ3) is 3.60. The maximum Gasteiger partial charge on any atom is 0.357 e. The summed E-state index contributed by atoms with van der Waals surface area (Å²) in [5.41, 5.74) is -0.0208. The largest absolute Gasteiger partial charge is 0.502 e. The Morgan fingerprint density at radius 1 is 1.33 bits per heavy atom. The second-order valence-electron chi connectivity index (χ2n) is 1.94. The van der Waals surface area contributed by atoms with Gasteiger partial charge in [0, 0.05) is 6.92 Å². The Hall–Kier alpha value is -1.52. The van der Waals surface area contributed by atoms with Crippen LogP contribution in [0.5, 0.6) is 0 Å². The number of nitrogens with one attached hydrogen (secondary N) is 1. The Morgan fingerprint density at radius 3 is 2.25 bits per heavy atom. The van der Waals surface area contributed by atoms with E-state index in [1.807, 2.05) is 0 Å². The summed E-state index contributed by atoms with van der Waals surface area (Å²) in [4.78, 5) is 21.4. The molecule has 0 bridgehead atoms. The van der Waals surface area contributed by atoms with Crippen molar-refractivity contribution in [1.29, 1.82) is 0 Å². The van der Waals surface area contributed by atoms with E-state index in [1.165, 1.54) is 21.1 Å². The normalized spacial score (nSPS) is 10.4. The molecule has 0 aliphatic carbocycles. The molecular weight excluding hydrogens is 162 g/mol. The summed E-state index contributed by atoms with van der Waals surface area (Å²) in [5, 5.41) is 2.25. The van der Waals surface area contributed by atoms with Crippen LogP contribution in [0.3, 0.4) is 0 Å². The van der Waals surface area contributed by atoms with E-state index in [1.54, 1.807) is 0 Å². The molecule has 1 amide bonds. The molecule has 68 valence electrons. The maximum atomic E-state index is 10.9. The van der Waals surface area contributed by atoms with Gasteiger partial charge in [-0.05, 0) is 0 Å². The van der Waals surface area contributed by atoms with Gasteiger partial charge in [0.2, 0.25) is 5.91 Å². The molecule has 5 heteroatoms. The molecule has 0 atom stereocenters. The minimum absolute atomic E-state index is 0.0208. The summed E-state index contributed by atoms with van der Waals surface area (Å²) in [6, 6.07) is 0. The van der Waals surface area contributed by atoms with Crippen LogP contribution in [0.2, 0.25) is 0 Å². The lowest BCUT2D eigenvalue weighted by Gasteiger charge is -2.04. The van der Waals surface area contributed by atoms with Crippen molar-refractivity contribution in [2.75, 3.05) is 14.2 Å². The fourth-order valence-corrected chi connectivity index (χ4v) is 0.546. The average molecular weight is 173 g/mol. The molecule has 0 saturated carbocycles. The molecule has 0 aliphatic rings. The smallest absolute Gasteiger partial charge is 0.357 e. The number of carbonyl (C=O) groups is 2. The van der Waals surface area contributed by atoms with Gasteiger partial charge in [-0.25, -0.2) is 4.79 Å². The molecule has 1 N–H and O–H groups in total. The third-order valence-electron chi connectivity index (χ3n) is 0.952. The first-order valence-corrected chi connectivity index (χ1v) is 3.20. The molecule has 0 saturated heterocycles. The molecular formula is C7H11NO4. The predicted octanol–water partition coefficient (Wildman–Crippen LogP) is -0.217. The van der Waals surface area contributed by atoms with Crippen LogP contribution >= 0.6 is 0 Å². The fraction of sp³-hybridized carbons (Fsp3) is 0.429. The lowest BCUT2D eigenvalue weighted by Crippen LogP contribution is -2.25. The first-order valence-electron chi connectivity index (χ1n) is 3.20. The lowest BCUT2D eigenvalue weighted by atomic mass is 10.4. The molecule has 0 fully saturated rings. The molecule has 0 aromatic heterocycles. The van der Waals surface area contributed by atoms with Gasteiger partial charge in [0.1, 0.15) is 6.26 Å². The van der Waals surface area contributed by atoms with E-state index in [4.69, 9.17) is 0 Å². The highest BCUT2D eigenvalue weighted by Gasteiger charge is 2.10. The number of rotatable bonds is 3. The van der Waals surface area contributed by atoms with E-state index in [0.29, 0.717) is 0 Å². The van der Waals surface area contributed by atoms with Gasteiger partial charge >= 0.3 is 5.97 Å². The number of ether oxygens (including phenoxy) is 2. The Labute approximate surface area is 70.3 Å². The number of esters is 1. The van der Waals surface area contributed by atoms with Gasteiger partial charge in [0.05, 0.1) is 14.2 Å². The first-order chi connectivity index (χ1) is 5.61. The molecule has 0 aromatic rings. The van der Waals surface area contributed by atoms with Crippen molar-refractivity contribution in [1.82, 2.24) is 5.32 Å². The van der Waals surface area contributed by atoms with Crippen molar-refractivity contribution < 1.29 is 19.1 Å². The summed E-state index contributed by atoms with van der Waals surface area (Å²) in [5.74, 6) is -1.00. The Kier molecular flexibility index (Phi) is 4.52. The van der Waals surface area contributed by atoms with Crippen LogP contribution in [0.15, 0.2) is 12.0 Å². The van der Waals surface area contributed by atoms with Gasteiger partial charge in [0.25, 0.3) is 0 Å². The number of hydrogen-bond donors (Lipinski definition) is 1. The Bertz CT molecular complexity index is 209. The van der Waals surface area contributed by atoms with Crippen molar-refractivity contribution in [2.24, 2.45) is 0 Å². The van der Waals surface area contributed by atoms with Crippen LogP contribution in [-0.2, 0) is 19.1 Å². The average Bonchev–Trinajstić information content (AvgIpc) is 2.01.